The Morgan fingerprint density at radius 3 is 2.71 bits per heavy atom. The van der Waals surface area contributed by atoms with Crippen LogP contribution in [0.1, 0.15) is 43.0 Å². The number of ether oxygens (including phenoxy) is 1. The van der Waals surface area contributed by atoms with E-state index < -0.39 is 6.10 Å². The molecular weight excluding hydrogens is 264 g/mol. The van der Waals surface area contributed by atoms with Crippen molar-refractivity contribution < 1.29 is 14.3 Å². The van der Waals surface area contributed by atoms with Crippen molar-refractivity contribution in [2.24, 2.45) is 0 Å². The summed E-state index contributed by atoms with van der Waals surface area (Å²) in [6.07, 6.45) is 2.11. The third kappa shape index (κ3) is 1.33. The molecule has 2 aromatic rings. The Kier molecular flexibility index (Phi) is 1.84. The van der Waals surface area contributed by atoms with Crippen molar-refractivity contribution in [2.45, 2.75) is 12.5 Å². The highest BCUT2D eigenvalue weighted by Crippen LogP contribution is 2.41. The minimum absolute atomic E-state index is 0.0467. The first-order valence-corrected chi connectivity index (χ1v) is 6.95. The quantitative estimate of drug-likeness (QED) is 0.592. The van der Waals surface area contributed by atoms with Crippen LogP contribution in [0.4, 0.5) is 0 Å². The summed E-state index contributed by atoms with van der Waals surface area (Å²) < 4.78 is 5.27. The van der Waals surface area contributed by atoms with Gasteiger partial charge in [0, 0.05) is 16.7 Å². The molecule has 0 aromatic heterocycles. The number of rotatable bonds is 0. The van der Waals surface area contributed by atoms with E-state index in [9.17, 15) is 9.59 Å². The number of carbonyl (C=O) groups is 2. The van der Waals surface area contributed by atoms with E-state index in [0.717, 1.165) is 22.4 Å². The number of hydrogen-bond donors (Lipinski definition) is 0. The van der Waals surface area contributed by atoms with Crippen molar-refractivity contribution in [3.63, 3.8) is 0 Å². The second-order valence-electron chi connectivity index (χ2n) is 5.64. The molecule has 100 valence electrons. The highest BCUT2D eigenvalue weighted by molar-refractivity contribution is 6.22. The molecule has 1 heterocycles. The van der Waals surface area contributed by atoms with Gasteiger partial charge in [-0.2, -0.15) is 0 Å². The van der Waals surface area contributed by atoms with Crippen LogP contribution in [-0.4, -0.2) is 17.7 Å². The first kappa shape index (κ1) is 11.0. The zero-order valence-electron chi connectivity index (χ0n) is 11.1. The molecule has 2 aliphatic carbocycles. The summed E-state index contributed by atoms with van der Waals surface area (Å²) in [7, 11) is 0. The monoisotopic (exact) mass is 274 g/mol. The first-order chi connectivity index (χ1) is 10.2. The van der Waals surface area contributed by atoms with Crippen LogP contribution in [0.15, 0.2) is 42.2 Å². The molecule has 0 spiro atoms. The fourth-order valence-corrected chi connectivity index (χ4v) is 3.37. The SMILES string of the molecule is O=C1c2ccccc2Cc2ccc3c(c21)C(=O)C1OC1=C3. The van der Waals surface area contributed by atoms with Crippen LogP contribution in [0.2, 0.25) is 0 Å². The third-order valence-corrected chi connectivity index (χ3v) is 4.43. The van der Waals surface area contributed by atoms with E-state index in [1.54, 1.807) is 0 Å². The van der Waals surface area contributed by atoms with Crippen molar-refractivity contribution in [1.82, 2.24) is 0 Å². The summed E-state index contributed by atoms with van der Waals surface area (Å²) in [6.45, 7) is 0. The van der Waals surface area contributed by atoms with Crippen LogP contribution >= 0.6 is 0 Å². The normalized spacial score (nSPS) is 20.6. The molecule has 0 radical (unpaired) electrons. The number of carbonyl (C=O) groups excluding carboxylic acids is 2. The van der Waals surface area contributed by atoms with Gasteiger partial charge in [0.15, 0.2) is 5.78 Å². The van der Waals surface area contributed by atoms with Crippen molar-refractivity contribution in [3.05, 3.63) is 75.5 Å². The lowest BCUT2D eigenvalue weighted by Gasteiger charge is -2.22. The van der Waals surface area contributed by atoms with Gasteiger partial charge in [0.1, 0.15) is 5.76 Å². The molecular formula is C18H10O3. The molecule has 1 unspecified atom stereocenters. The van der Waals surface area contributed by atoms with Crippen molar-refractivity contribution in [3.8, 4) is 0 Å². The molecule has 0 N–H and O–H groups in total. The third-order valence-electron chi connectivity index (χ3n) is 4.43. The first-order valence-electron chi connectivity index (χ1n) is 6.95. The minimum atomic E-state index is -0.450. The second-order valence-corrected chi connectivity index (χ2v) is 5.64. The van der Waals surface area contributed by atoms with E-state index in [-0.39, 0.29) is 11.6 Å². The second kappa shape index (κ2) is 3.50. The molecule has 3 aliphatic rings. The van der Waals surface area contributed by atoms with Crippen LogP contribution in [0.25, 0.3) is 6.08 Å². The molecule has 1 saturated heterocycles. The van der Waals surface area contributed by atoms with Gasteiger partial charge in [-0.15, -0.1) is 0 Å². The van der Waals surface area contributed by atoms with E-state index in [2.05, 4.69) is 0 Å². The lowest BCUT2D eigenvalue weighted by molar-refractivity contribution is 0.0941. The number of ketones is 2. The topological polar surface area (TPSA) is 46.7 Å². The van der Waals surface area contributed by atoms with Gasteiger partial charge < -0.3 is 4.74 Å². The van der Waals surface area contributed by atoms with Gasteiger partial charge in [0.2, 0.25) is 11.9 Å². The van der Waals surface area contributed by atoms with Gasteiger partial charge in [-0.1, -0.05) is 36.4 Å². The molecule has 5 rings (SSSR count). The molecule has 1 fully saturated rings. The zero-order chi connectivity index (χ0) is 14.1. The summed E-state index contributed by atoms with van der Waals surface area (Å²) in [5.74, 6) is 0.595. The van der Waals surface area contributed by atoms with Gasteiger partial charge in [-0.3, -0.25) is 9.59 Å². The van der Waals surface area contributed by atoms with Crippen LogP contribution in [0.5, 0.6) is 0 Å². The van der Waals surface area contributed by atoms with Crippen molar-refractivity contribution in [2.75, 3.05) is 0 Å². The van der Waals surface area contributed by atoms with E-state index in [4.69, 9.17) is 4.74 Å². The van der Waals surface area contributed by atoms with Gasteiger partial charge in [-0.05, 0) is 29.2 Å². The lowest BCUT2D eigenvalue weighted by atomic mass is 9.79. The zero-order valence-corrected chi connectivity index (χ0v) is 11.1. The highest BCUT2D eigenvalue weighted by Gasteiger charge is 2.46. The predicted molar refractivity (Wildman–Crippen MR) is 76.3 cm³/mol. The van der Waals surface area contributed by atoms with E-state index in [0.29, 0.717) is 23.1 Å². The number of Topliss-reactive ketones (excluding diaryl/α,β-unsaturated/α-hetero) is 1. The van der Waals surface area contributed by atoms with Gasteiger partial charge in [-0.25, -0.2) is 0 Å². The summed E-state index contributed by atoms with van der Waals surface area (Å²) in [4.78, 5) is 25.3. The van der Waals surface area contributed by atoms with Crippen LogP contribution < -0.4 is 0 Å². The Morgan fingerprint density at radius 2 is 1.81 bits per heavy atom. The maximum absolute atomic E-state index is 12.8. The number of hydrogen-bond acceptors (Lipinski definition) is 3. The predicted octanol–water partition coefficient (Wildman–Crippen LogP) is 2.76. The molecule has 3 nitrogen and oxygen atoms in total. The number of benzene rings is 2. The molecule has 0 amide bonds. The van der Waals surface area contributed by atoms with Gasteiger partial charge in [0.25, 0.3) is 0 Å². The molecule has 2 aromatic carbocycles. The maximum Gasteiger partial charge on any atom is 0.217 e. The largest absolute Gasteiger partial charge is 0.474 e. The Bertz CT molecular complexity index is 889. The fourth-order valence-electron chi connectivity index (χ4n) is 3.37. The molecule has 21 heavy (non-hydrogen) atoms. The molecule has 1 atom stereocenters. The molecule has 1 aliphatic heterocycles. The Hall–Kier alpha value is -2.68. The molecule has 0 bridgehead atoms. The number of epoxide rings is 1. The van der Waals surface area contributed by atoms with Crippen LogP contribution in [0.3, 0.4) is 0 Å². The standard InChI is InChI=1S/C18H10O3/c19-16-12-4-2-1-3-9(12)7-10-5-6-11-8-13-18(21-13)17(20)15(11)14(10)16/h1-6,8,18H,7H2. The number of fused-ring (bicyclic) bond motifs is 5. The van der Waals surface area contributed by atoms with Crippen LogP contribution in [-0.2, 0) is 11.2 Å². The van der Waals surface area contributed by atoms with Gasteiger partial charge >= 0.3 is 0 Å². The lowest BCUT2D eigenvalue weighted by Crippen LogP contribution is -2.23. The van der Waals surface area contributed by atoms with Crippen molar-refractivity contribution >= 4 is 17.6 Å². The Morgan fingerprint density at radius 1 is 0.952 bits per heavy atom. The Labute approximate surface area is 120 Å². The fraction of sp³-hybridized carbons (Fsp3) is 0.111. The van der Waals surface area contributed by atoms with Crippen molar-refractivity contribution in [1.29, 1.82) is 0 Å². The average Bonchev–Trinajstić information content (AvgIpc) is 3.27. The summed E-state index contributed by atoms with van der Waals surface area (Å²) >= 11 is 0. The Balaban J connectivity index is 1.80. The average molecular weight is 274 g/mol. The van der Waals surface area contributed by atoms with Gasteiger partial charge in [0.05, 0.1) is 0 Å². The smallest absolute Gasteiger partial charge is 0.217 e. The van der Waals surface area contributed by atoms with E-state index in [1.807, 2.05) is 42.5 Å². The summed E-state index contributed by atoms with van der Waals surface area (Å²) in [5, 5.41) is 0. The van der Waals surface area contributed by atoms with Crippen LogP contribution in [0, 0.1) is 0 Å². The summed E-state index contributed by atoms with van der Waals surface area (Å²) in [6, 6.07) is 11.5. The molecule has 0 saturated carbocycles. The molecule has 3 heteroatoms. The highest BCUT2D eigenvalue weighted by atomic mass is 16.6. The summed E-state index contributed by atoms with van der Waals surface area (Å²) in [5.41, 5.74) is 4.58. The van der Waals surface area contributed by atoms with E-state index in [1.165, 1.54) is 0 Å². The minimum Gasteiger partial charge on any atom is -0.474 e. The van der Waals surface area contributed by atoms with E-state index >= 15 is 0 Å². The maximum atomic E-state index is 12.8.